The fraction of sp³-hybridized carbons (Fsp3) is 0.100. The van der Waals surface area contributed by atoms with E-state index in [1.165, 1.54) is 11.3 Å². The number of anilines is 1. The van der Waals surface area contributed by atoms with E-state index < -0.39 is 0 Å². The van der Waals surface area contributed by atoms with Crippen molar-refractivity contribution in [3.63, 3.8) is 0 Å². The molecule has 0 atom stereocenters. The highest BCUT2D eigenvalue weighted by molar-refractivity contribution is 7.20. The van der Waals surface area contributed by atoms with Gasteiger partial charge in [-0.25, -0.2) is 9.67 Å². The van der Waals surface area contributed by atoms with Gasteiger partial charge in [0.1, 0.15) is 11.8 Å². The Morgan fingerprint density at radius 1 is 1.18 bits per heavy atom. The maximum absolute atomic E-state index is 12.9. The largest absolute Gasteiger partial charge is 0.296 e. The second kappa shape index (κ2) is 7.13. The number of rotatable bonds is 4. The van der Waals surface area contributed by atoms with Gasteiger partial charge in [0.15, 0.2) is 10.7 Å². The molecular weight excluding hydrogens is 372 g/mol. The van der Waals surface area contributed by atoms with Gasteiger partial charge in [-0.05, 0) is 31.2 Å². The zero-order chi connectivity index (χ0) is 19.7. The van der Waals surface area contributed by atoms with Gasteiger partial charge in [-0.15, -0.1) is 11.3 Å². The van der Waals surface area contributed by atoms with Crippen molar-refractivity contribution in [2.75, 3.05) is 5.43 Å². The minimum absolute atomic E-state index is 0.134. The molecule has 8 heteroatoms. The van der Waals surface area contributed by atoms with Crippen molar-refractivity contribution in [1.82, 2.24) is 14.3 Å². The van der Waals surface area contributed by atoms with Gasteiger partial charge in [0.25, 0.3) is 5.56 Å². The molecule has 2 aromatic heterocycles. The highest BCUT2D eigenvalue weighted by Crippen LogP contribution is 2.22. The van der Waals surface area contributed by atoms with Gasteiger partial charge in [0, 0.05) is 7.05 Å². The zero-order valence-electron chi connectivity index (χ0n) is 15.2. The van der Waals surface area contributed by atoms with Crippen LogP contribution in [0.5, 0.6) is 0 Å². The Balaban J connectivity index is 1.72. The van der Waals surface area contributed by atoms with Crippen LogP contribution in [0.15, 0.2) is 64.5 Å². The zero-order valence-corrected chi connectivity index (χ0v) is 16.1. The minimum Gasteiger partial charge on any atom is -0.283 e. The third kappa shape index (κ3) is 2.98. The van der Waals surface area contributed by atoms with E-state index in [0.717, 1.165) is 15.9 Å². The van der Waals surface area contributed by atoms with Gasteiger partial charge in [-0.3, -0.25) is 14.9 Å². The summed E-state index contributed by atoms with van der Waals surface area (Å²) >= 11 is 1.39. The van der Waals surface area contributed by atoms with Gasteiger partial charge in [-0.2, -0.15) is 10.4 Å². The molecule has 7 nitrogen and oxygen atoms in total. The maximum atomic E-state index is 12.9. The Hall–Kier alpha value is -3.70. The summed E-state index contributed by atoms with van der Waals surface area (Å²) in [6, 6.07) is 19.1. The number of thiazole rings is 1. The van der Waals surface area contributed by atoms with Crippen LogP contribution in [0.4, 0.5) is 5.69 Å². The van der Waals surface area contributed by atoms with Crippen molar-refractivity contribution in [3.05, 3.63) is 75.7 Å². The Bertz CT molecular complexity index is 1260. The molecule has 0 unspecified atom stereocenters. The van der Waals surface area contributed by atoms with Crippen LogP contribution >= 0.6 is 11.3 Å². The number of benzene rings is 2. The van der Waals surface area contributed by atoms with Crippen molar-refractivity contribution in [2.24, 2.45) is 12.1 Å². The van der Waals surface area contributed by atoms with E-state index >= 15 is 0 Å². The molecule has 0 radical (unpaired) electrons. The van der Waals surface area contributed by atoms with E-state index in [9.17, 15) is 10.1 Å². The van der Waals surface area contributed by atoms with Crippen LogP contribution in [-0.4, -0.2) is 20.1 Å². The topological polar surface area (TPSA) is 88.0 Å². The molecular formula is C20H16N6OS. The Kier molecular flexibility index (Phi) is 4.51. The number of para-hydroxylation sites is 2. The van der Waals surface area contributed by atoms with Crippen LogP contribution in [0.2, 0.25) is 0 Å². The van der Waals surface area contributed by atoms with Gasteiger partial charge in [0.05, 0.1) is 21.6 Å². The highest BCUT2D eigenvalue weighted by atomic mass is 32.1. The first-order valence-corrected chi connectivity index (χ1v) is 9.35. The maximum Gasteiger partial charge on any atom is 0.296 e. The highest BCUT2D eigenvalue weighted by Gasteiger charge is 2.17. The van der Waals surface area contributed by atoms with E-state index in [0.29, 0.717) is 16.4 Å². The SMILES string of the molecule is Cc1c(NN=C(C#N)c2nc3ccccc3s2)c(=O)n(-c2ccccc2)n1C. The Morgan fingerprint density at radius 3 is 2.61 bits per heavy atom. The number of aromatic nitrogens is 3. The van der Waals surface area contributed by atoms with Gasteiger partial charge in [0.2, 0.25) is 0 Å². The average Bonchev–Trinajstić information content (AvgIpc) is 3.23. The van der Waals surface area contributed by atoms with Crippen LogP contribution in [0.25, 0.3) is 15.9 Å². The van der Waals surface area contributed by atoms with Crippen molar-refractivity contribution >= 4 is 33.0 Å². The van der Waals surface area contributed by atoms with E-state index in [2.05, 4.69) is 21.6 Å². The predicted molar refractivity (Wildman–Crippen MR) is 111 cm³/mol. The molecule has 138 valence electrons. The van der Waals surface area contributed by atoms with Crippen molar-refractivity contribution < 1.29 is 0 Å². The predicted octanol–water partition coefficient (Wildman–Crippen LogP) is 3.43. The lowest BCUT2D eigenvalue weighted by molar-refractivity contribution is 0.630. The molecule has 28 heavy (non-hydrogen) atoms. The second-order valence-corrected chi connectivity index (χ2v) is 7.14. The van der Waals surface area contributed by atoms with Crippen molar-refractivity contribution in [2.45, 2.75) is 6.92 Å². The lowest BCUT2D eigenvalue weighted by Crippen LogP contribution is -2.20. The monoisotopic (exact) mass is 388 g/mol. The summed E-state index contributed by atoms with van der Waals surface area (Å²) in [5, 5.41) is 14.2. The third-order valence-electron chi connectivity index (χ3n) is 4.44. The molecule has 1 N–H and O–H groups in total. The Labute approximate surface area is 164 Å². The first-order chi connectivity index (χ1) is 13.6. The van der Waals surface area contributed by atoms with E-state index in [1.807, 2.05) is 61.5 Å². The number of hydrogen-bond acceptors (Lipinski definition) is 6. The summed E-state index contributed by atoms with van der Waals surface area (Å²) in [4.78, 5) is 17.4. The van der Waals surface area contributed by atoms with Crippen LogP contribution in [0, 0.1) is 18.3 Å². The molecule has 0 bridgehead atoms. The van der Waals surface area contributed by atoms with Gasteiger partial charge >= 0.3 is 0 Å². The summed E-state index contributed by atoms with van der Waals surface area (Å²) in [6.07, 6.45) is 0. The Morgan fingerprint density at radius 2 is 1.89 bits per heavy atom. The first-order valence-electron chi connectivity index (χ1n) is 8.54. The van der Waals surface area contributed by atoms with Crippen LogP contribution < -0.4 is 11.0 Å². The average molecular weight is 388 g/mol. The fourth-order valence-corrected chi connectivity index (χ4v) is 3.81. The summed E-state index contributed by atoms with van der Waals surface area (Å²) in [6.45, 7) is 1.82. The summed E-state index contributed by atoms with van der Waals surface area (Å²) in [5.74, 6) is 0. The van der Waals surface area contributed by atoms with Crippen molar-refractivity contribution in [1.29, 1.82) is 5.26 Å². The molecule has 2 heterocycles. The van der Waals surface area contributed by atoms with Gasteiger partial charge in [-0.1, -0.05) is 30.3 Å². The number of hydrazone groups is 1. The summed E-state index contributed by atoms with van der Waals surface area (Å²) in [7, 11) is 1.80. The molecule has 0 fully saturated rings. The second-order valence-electron chi connectivity index (χ2n) is 6.11. The van der Waals surface area contributed by atoms with Crippen LogP contribution in [0.3, 0.4) is 0 Å². The molecule has 0 spiro atoms. The van der Waals surface area contributed by atoms with Crippen LogP contribution in [0.1, 0.15) is 10.7 Å². The van der Waals surface area contributed by atoms with E-state index in [4.69, 9.17) is 0 Å². The lowest BCUT2D eigenvalue weighted by atomic mass is 10.3. The lowest BCUT2D eigenvalue weighted by Gasteiger charge is -2.07. The van der Waals surface area contributed by atoms with Crippen LogP contribution in [-0.2, 0) is 7.05 Å². The minimum atomic E-state index is -0.239. The fourth-order valence-electron chi connectivity index (χ4n) is 2.90. The number of nitrogens with one attached hydrogen (secondary N) is 1. The van der Waals surface area contributed by atoms with E-state index in [-0.39, 0.29) is 11.3 Å². The number of nitrogens with zero attached hydrogens (tertiary/aromatic N) is 5. The number of nitriles is 1. The van der Waals surface area contributed by atoms with E-state index in [1.54, 1.807) is 16.4 Å². The molecule has 0 saturated carbocycles. The molecule has 4 aromatic rings. The molecule has 0 aliphatic heterocycles. The molecule has 4 rings (SSSR count). The third-order valence-corrected chi connectivity index (χ3v) is 5.48. The number of fused-ring (bicyclic) bond motifs is 1. The molecule has 2 aromatic carbocycles. The molecule has 0 aliphatic rings. The van der Waals surface area contributed by atoms with Crippen molar-refractivity contribution in [3.8, 4) is 11.8 Å². The molecule has 0 aliphatic carbocycles. The molecule has 0 saturated heterocycles. The summed E-state index contributed by atoms with van der Waals surface area (Å²) < 4.78 is 4.28. The normalized spacial score (nSPS) is 11.5. The summed E-state index contributed by atoms with van der Waals surface area (Å²) in [5.41, 5.74) is 5.27. The smallest absolute Gasteiger partial charge is 0.283 e. The quantitative estimate of drug-likeness (QED) is 0.428. The number of hydrogen-bond donors (Lipinski definition) is 1. The standard InChI is InChI=1S/C20H16N6OS/c1-13-18(20(27)26(25(13)2)14-8-4-3-5-9-14)24-23-16(12-21)19-22-15-10-6-7-11-17(15)28-19/h3-11,24H,1-2H3. The molecule has 0 amide bonds. The van der Waals surface area contributed by atoms with Gasteiger partial charge < -0.3 is 0 Å². The first kappa shape index (κ1) is 17.7.